The molecule has 0 radical (unpaired) electrons. The van der Waals surface area contributed by atoms with Crippen molar-refractivity contribution in [1.29, 1.82) is 0 Å². The summed E-state index contributed by atoms with van der Waals surface area (Å²) in [6, 6.07) is 0.0488. The number of carbonyl (C=O) groups excluding carboxylic acids is 1. The van der Waals surface area contributed by atoms with E-state index in [-0.39, 0.29) is 17.9 Å². The maximum Gasteiger partial charge on any atom is 0.310 e. The van der Waals surface area contributed by atoms with E-state index >= 15 is 0 Å². The number of esters is 1. The third-order valence-electron chi connectivity index (χ3n) is 5.15. The number of nitrogens with two attached hydrogens (primary N) is 1. The molecule has 6 atom stereocenters. The molecule has 0 saturated heterocycles. The highest BCUT2D eigenvalue weighted by atomic mass is 16.5. The number of methoxy groups -OCH3 is 1. The highest BCUT2D eigenvalue weighted by molar-refractivity contribution is 5.73. The summed E-state index contributed by atoms with van der Waals surface area (Å²) in [5.41, 5.74) is 6.32. The molecule has 0 aromatic rings. The van der Waals surface area contributed by atoms with Gasteiger partial charge in [-0.2, -0.15) is 0 Å². The van der Waals surface area contributed by atoms with Crippen molar-refractivity contribution in [2.45, 2.75) is 38.1 Å². The van der Waals surface area contributed by atoms with E-state index in [9.17, 15) is 4.79 Å². The van der Waals surface area contributed by atoms with Crippen LogP contribution in [0.5, 0.6) is 0 Å². The molecule has 3 heteroatoms. The fraction of sp³-hybridized carbons (Fsp3) is 0.923. The molecular weight excluding hydrogens is 202 g/mol. The van der Waals surface area contributed by atoms with E-state index in [1.165, 1.54) is 39.2 Å². The van der Waals surface area contributed by atoms with E-state index < -0.39 is 0 Å². The van der Waals surface area contributed by atoms with Crippen molar-refractivity contribution in [1.82, 2.24) is 0 Å². The molecule has 4 saturated carbocycles. The summed E-state index contributed by atoms with van der Waals surface area (Å²) in [4.78, 5) is 11.9. The van der Waals surface area contributed by atoms with Gasteiger partial charge in [0.2, 0.25) is 0 Å². The van der Waals surface area contributed by atoms with Crippen LogP contribution in [0.4, 0.5) is 0 Å². The van der Waals surface area contributed by atoms with Crippen LogP contribution in [0.3, 0.4) is 0 Å². The zero-order valence-electron chi connectivity index (χ0n) is 9.89. The van der Waals surface area contributed by atoms with Crippen molar-refractivity contribution in [3.05, 3.63) is 0 Å². The summed E-state index contributed by atoms with van der Waals surface area (Å²) in [7, 11) is 1.49. The zero-order chi connectivity index (χ0) is 11.3. The van der Waals surface area contributed by atoms with Crippen LogP contribution < -0.4 is 5.73 Å². The van der Waals surface area contributed by atoms with Crippen molar-refractivity contribution in [2.24, 2.45) is 35.3 Å². The number of carbonyl (C=O) groups is 1. The average molecular weight is 223 g/mol. The first-order valence-corrected chi connectivity index (χ1v) is 6.52. The second-order valence-electron chi connectivity index (χ2n) is 6.06. The first-order chi connectivity index (χ1) is 7.69. The zero-order valence-corrected chi connectivity index (χ0v) is 9.89. The summed E-state index contributed by atoms with van der Waals surface area (Å²) in [5.74, 6) is 2.65. The molecule has 4 fully saturated rings. The lowest BCUT2D eigenvalue weighted by Crippen LogP contribution is -2.43. The van der Waals surface area contributed by atoms with Crippen LogP contribution in [0, 0.1) is 29.6 Å². The molecule has 3 nitrogen and oxygen atoms in total. The van der Waals surface area contributed by atoms with Crippen LogP contribution >= 0.6 is 0 Å². The van der Waals surface area contributed by atoms with Gasteiger partial charge in [-0.25, -0.2) is 0 Å². The molecule has 0 aliphatic heterocycles. The van der Waals surface area contributed by atoms with Crippen molar-refractivity contribution in [3.8, 4) is 0 Å². The Labute approximate surface area is 96.7 Å². The van der Waals surface area contributed by atoms with Gasteiger partial charge in [0.25, 0.3) is 0 Å². The molecule has 2 unspecified atom stereocenters. The molecule has 0 spiro atoms. The Balaban J connectivity index is 1.92. The highest BCUT2D eigenvalue weighted by Gasteiger charge is 2.50. The lowest BCUT2D eigenvalue weighted by molar-refractivity contribution is -0.148. The molecule has 0 aromatic carbocycles. The van der Waals surface area contributed by atoms with Crippen LogP contribution in [0.2, 0.25) is 0 Å². The smallest absolute Gasteiger partial charge is 0.310 e. The van der Waals surface area contributed by atoms with E-state index in [1.807, 2.05) is 0 Å². The summed E-state index contributed by atoms with van der Waals surface area (Å²) in [6.45, 7) is 0. The number of hydrogen-bond acceptors (Lipinski definition) is 3. The lowest BCUT2D eigenvalue weighted by atomic mass is 9.67. The largest absolute Gasteiger partial charge is 0.469 e. The monoisotopic (exact) mass is 223 g/mol. The molecule has 0 amide bonds. The normalized spacial score (nSPS) is 50.1. The van der Waals surface area contributed by atoms with Crippen molar-refractivity contribution >= 4 is 5.97 Å². The summed E-state index contributed by atoms with van der Waals surface area (Å²) in [5, 5.41) is 0. The van der Waals surface area contributed by atoms with Gasteiger partial charge < -0.3 is 10.5 Å². The van der Waals surface area contributed by atoms with E-state index in [0.717, 1.165) is 11.8 Å². The molecule has 0 aromatic heterocycles. The van der Waals surface area contributed by atoms with Crippen LogP contribution in [0.15, 0.2) is 0 Å². The fourth-order valence-electron chi connectivity index (χ4n) is 4.65. The van der Waals surface area contributed by atoms with Gasteiger partial charge >= 0.3 is 5.97 Å². The van der Waals surface area contributed by atoms with Gasteiger partial charge in [-0.15, -0.1) is 0 Å². The van der Waals surface area contributed by atoms with Crippen molar-refractivity contribution in [3.63, 3.8) is 0 Å². The molecular formula is C13H21NO2. The summed E-state index contributed by atoms with van der Waals surface area (Å²) < 4.78 is 4.95. The SMILES string of the molecule is COC(=O)[C@H]1C2C[C@H]3CC(C[C@@H](C2)C3)[C@H]1N. The molecule has 2 N–H and O–H groups in total. The molecule has 4 aliphatic rings. The molecule has 16 heavy (non-hydrogen) atoms. The summed E-state index contributed by atoms with van der Waals surface area (Å²) >= 11 is 0. The Morgan fingerprint density at radius 2 is 1.62 bits per heavy atom. The Morgan fingerprint density at radius 3 is 2.19 bits per heavy atom. The Hall–Kier alpha value is -0.570. The number of rotatable bonds is 1. The van der Waals surface area contributed by atoms with Gasteiger partial charge in [-0.3, -0.25) is 4.79 Å². The average Bonchev–Trinajstić information content (AvgIpc) is 2.40. The first kappa shape index (κ1) is 10.6. The van der Waals surface area contributed by atoms with Crippen LogP contribution in [0.1, 0.15) is 32.1 Å². The molecule has 4 bridgehead atoms. The minimum Gasteiger partial charge on any atom is -0.469 e. The number of ether oxygens (including phenoxy) is 1. The van der Waals surface area contributed by atoms with Gasteiger partial charge in [0.05, 0.1) is 13.0 Å². The predicted molar refractivity (Wildman–Crippen MR) is 60.5 cm³/mol. The number of fused-ring (bicyclic) bond motifs is 1. The Bertz CT molecular complexity index is 290. The quantitative estimate of drug-likeness (QED) is 0.686. The molecule has 0 heterocycles. The van der Waals surface area contributed by atoms with Crippen molar-refractivity contribution < 1.29 is 9.53 Å². The van der Waals surface area contributed by atoms with E-state index in [4.69, 9.17) is 10.5 Å². The van der Waals surface area contributed by atoms with Crippen molar-refractivity contribution in [2.75, 3.05) is 7.11 Å². The van der Waals surface area contributed by atoms with E-state index in [1.54, 1.807) is 0 Å². The van der Waals surface area contributed by atoms with Gasteiger partial charge in [-0.1, -0.05) is 0 Å². The van der Waals surface area contributed by atoms with Gasteiger partial charge in [0, 0.05) is 6.04 Å². The number of hydrogen-bond donors (Lipinski definition) is 1. The van der Waals surface area contributed by atoms with Gasteiger partial charge in [0.1, 0.15) is 0 Å². The Morgan fingerprint density at radius 1 is 1.06 bits per heavy atom. The molecule has 90 valence electrons. The topological polar surface area (TPSA) is 52.3 Å². The highest BCUT2D eigenvalue weighted by Crippen LogP contribution is 2.52. The minimum atomic E-state index is -0.0642. The molecule has 4 rings (SSSR count). The van der Waals surface area contributed by atoms with Gasteiger partial charge in [-0.05, 0) is 55.8 Å². The van der Waals surface area contributed by atoms with Crippen LogP contribution in [-0.4, -0.2) is 19.1 Å². The third kappa shape index (κ3) is 1.48. The lowest BCUT2D eigenvalue weighted by Gasteiger charge is -2.38. The maximum atomic E-state index is 11.9. The maximum absolute atomic E-state index is 11.9. The van der Waals surface area contributed by atoms with E-state index in [0.29, 0.717) is 11.8 Å². The molecule has 4 aliphatic carbocycles. The second kappa shape index (κ2) is 3.73. The van der Waals surface area contributed by atoms with Gasteiger partial charge in [0.15, 0.2) is 0 Å². The van der Waals surface area contributed by atoms with Crippen LogP contribution in [-0.2, 0) is 9.53 Å². The summed E-state index contributed by atoms with van der Waals surface area (Å²) in [6.07, 6.45) is 6.30. The second-order valence-corrected chi connectivity index (χ2v) is 6.06. The van der Waals surface area contributed by atoms with Crippen LogP contribution in [0.25, 0.3) is 0 Å². The predicted octanol–water partition coefficient (Wildman–Crippen LogP) is 1.56. The third-order valence-corrected chi connectivity index (χ3v) is 5.15. The fourth-order valence-corrected chi connectivity index (χ4v) is 4.65. The Kier molecular flexibility index (Phi) is 2.46. The standard InChI is InChI=1S/C13H21NO2/c1-16-13(15)11-9-3-7-2-8(4-9)6-10(5-7)12(11)14/h7-12H,2-6,14H2,1H3/t7-,8+,9?,10?,11-,12+/m0/s1. The minimum absolute atomic E-state index is 0.0229. The van der Waals surface area contributed by atoms with E-state index in [2.05, 4.69) is 0 Å². The first-order valence-electron chi connectivity index (χ1n) is 6.52.